The number of nitrogens with one attached hydrogen (secondary N) is 1. The van der Waals surface area contributed by atoms with Gasteiger partial charge in [-0.25, -0.2) is 0 Å². The van der Waals surface area contributed by atoms with Gasteiger partial charge in [0.25, 0.3) is 0 Å². The van der Waals surface area contributed by atoms with E-state index in [0.29, 0.717) is 18.9 Å². The van der Waals surface area contributed by atoms with Crippen LogP contribution < -0.4 is 5.32 Å². The summed E-state index contributed by atoms with van der Waals surface area (Å²) in [4.78, 5) is 11.3. The molecule has 92 valence electrons. The maximum Gasteiger partial charge on any atom is 0.306 e. The Hall–Kier alpha value is -0.570. The Labute approximate surface area is 97.9 Å². The van der Waals surface area contributed by atoms with Gasteiger partial charge in [-0.15, -0.1) is 0 Å². The summed E-state index contributed by atoms with van der Waals surface area (Å²) in [5.74, 6) is 2.41. The third-order valence-electron chi connectivity index (χ3n) is 4.08. The Kier molecular flexibility index (Phi) is 4.22. The number of ether oxygens (including phenoxy) is 1. The molecular formula is C13H23NO2. The Bertz CT molecular complexity index is 230. The normalized spacial score (nSPS) is 30.8. The number of hydrogen-bond acceptors (Lipinski definition) is 3. The van der Waals surface area contributed by atoms with Crippen molar-refractivity contribution in [2.45, 2.75) is 39.0 Å². The van der Waals surface area contributed by atoms with Crippen LogP contribution in [0.1, 0.15) is 39.0 Å². The van der Waals surface area contributed by atoms with Crippen molar-refractivity contribution in [3.63, 3.8) is 0 Å². The van der Waals surface area contributed by atoms with Gasteiger partial charge in [0, 0.05) is 6.42 Å². The van der Waals surface area contributed by atoms with Crippen LogP contribution in [0.2, 0.25) is 0 Å². The van der Waals surface area contributed by atoms with Crippen molar-refractivity contribution in [1.29, 1.82) is 0 Å². The highest BCUT2D eigenvalue weighted by Gasteiger charge is 2.36. The first-order valence-electron chi connectivity index (χ1n) is 6.66. The van der Waals surface area contributed by atoms with Gasteiger partial charge in [0.05, 0.1) is 6.61 Å². The zero-order chi connectivity index (χ0) is 11.4. The molecule has 2 aliphatic rings. The van der Waals surface area contributed by atoms with E-state index in [9.17, 15) is 4.79 Å². The van der Waals surface area contributed by atoms with Gasteiger partial charge in [-0.2, -0.15) is 0 Å². The number of hydrogen-bond donors (Lipinski definition) is 1. The highest BCUT2D eigenvalue weighted by Crippen LogP contribution is 2.43. The summed E-state index contributed by atoms with van der Waals surface area (Å²) in [6.45, 7) is 4.76. The van der Waals surface area contributed by atoms with Crippen molar-refractivity contribution in [3.8, 4) is 0 Å². The predicted octanol–water partition coefficient (Wildman–Crippen LogP) is 1.97. The van der Waals surface area contributed by atoms with Crippen LogP contribution in [-0.4, -0.2) is 25.7 Å². The maximum absolute atomic E-state index is 11.3. The van der Waals surface area contributed by atoms with Crippen LogP contribution in [0.25, 0.3) is 0 Å². The molecule has 1 aliphatic carbocycles. The first-order chi connectivity index (χ1) is 7.79. The molecule has 0 amide bonds. The zero-order valence-corrected chi connectivity index (χ0v) is 10.2. The lowest BCUT2D eigenvalue weighted by atomic mass is 9.65. The standard InChI is InChI=1S/C13H23NO2/c1-2-16-13(15)9-10-7-12(8-10)11-3-5-14-6-4-11/h10-12,14H,2-9H2,1H3. The molecule has 0 aromatic carbocycles. The fourth-order valence-electron chi connectivity index (χ4n) is 3.11. The third-order valence-corrected chi connectivity index (χ3v) is 4.08. The first kappa shape index (κ1) is 11.9. The molecule has 2 fully saturated rings. The molecule has 0 aromatic heterocycles. The zero-order valence-electron chi connectivity index (χ0n) is 10.2. The summed E-state index contributed by atoms with van der Waals surface area (Å²) in [6.07, 6.45) is 5.82. The predicted molar refractivity (Wildman–Crippen MR) is 63.1 cm³/mol. The minimum atomic E-state index is -0.00346. The molecule has 0 spiro atoms. The molecule has 0 radical (unpaired) electrons. The summed E-state index contributed by atoms with van der Waals surface area (Å²) in [5, 5.41) is 3.40. The Morgan fingerprint density at radius 3 is 2.56 bits per heavy atom. The number of carbonyl (C=O) groups is 1. The minimum Gasteiger partial charge on any atom is -0.466 e. The third kappa shape index (κ3) is 2.97. The van der Waals surface area contributed by atoms with E-state index >= 15 is 0 Å². The van der Waals surface area contributed by atoms with Gasteiger partial charge in [0.2, 0.25) is 0 Å². The molecule has 0 unspecified atom stereocenters. The van der Waals surface area contributed by atoms with E-state index < -0.39 is 0 Å². The molecule has 1 N–H and O–H groups in total. The minimum absolute atomic E-state index is 0.00346. The smallest absolute Gasteiger partial charge is 0.306 e. The van der Waals surface area contributed by atoms with Crippen molar-refractivity contribution >= 4 is 5.97 Å². The van der Waals surface area contributed by atoms with E-state index in [4.69, 9.17) is 4.74 Å². The second-order valence-electron chi connectivity index (χ2n) is 5.19. The maximum atomic E-state index is 11.3. The van der Waals surface area contributed by atoms with E-state index in [-0.39, 0.29) is 5.97 Å². The first-order valence-corrected chi connectivity index (χ1v) is 6.66. The van der Waals surface area contributed by atoms with Gasteiger partial charge < -0.3 is 10.1 Å². The van der Waals surface area contributed by atoms with Crippen molar-refractivity contribution in [2.24, 2.45) is 17.8 Å². The summed E-state index contributed by atoms with van der Waals surface area (Å²) >= 11 is 0. The molecule has 1 saturated heterocycles. The lowest BCUT2D eigenvalue weighted by Crippen LogP contribution is -2.38. The van der Waals surface area contributed by atoms with Gasteiger partial charge in [-0.05, 0) is 63.5 Å². The Balaban J connectivity index is 1.63. The summed E-state index contributed by atoms with van der Waals surface area (Å²) in [6, 6.07) is 0. The highest BCUT2D eigenvalue weighted by molar-refractivity contribution is 5.69. The average Bonchev–Trinajstić information content (AvgIpc) is 2.24. The van der Waals surface area contributed by atoms with Gasteiger partial charge in [-0.1, -0.05) is 0 Å². The quantitative estimate of drug-likeness (QED) is 0.743. The average molecular weight is 225 g/mol. The fourth-order valence-corrected chi connectivity index (χ4v) is 3.11. The molecule has 3 nitrogen and oxygen atoms in total. The molecule has 0 bridgehead atoms. The lowest BCUT2D eigenvalue weighted by Gasteiger charge is -2.41. The van der Waals surface area contributed by atoms with Crippen molar-refractivity contribution in [2.75, 3.05) is 19.7 Å². The molecular weight excluding hydrogens is 202 g/mol. The van der Waals surface area contributed by atoms with Crippen molar-refractivity contribution in [1.82, 2.24) is 5.32 Å². The molecule has 2 rings (SSSR count). The Morgan fingerprint density at radius 1 is 1.25 bits per heavy atom. The second-order valence-corrected chi connectivity index (χ2v) is 5.19. The molecule has 0 atom stereocenters. The second kappa shape index (κ2) is 5.67. The Morgan fingerprint density at radius 2 is 1.94 bits per heavy atom. The molecule has 0 aromatic rings. The molecule has 1 aliphatic heterocycles. The molecule has 3 heteroatoms. The monoisotopic (exact) mass is 225 g/mol. The summed E-state index contributed by atoms with van der Waals surface area (Å²) < 4.78 is 4.98. The number of rotatable bonds is 4. The fraction of sp³-hybridized carbons (Fsp3) is 0.923. The molecule has 1 heterocycles. The number of esters is 1. The van der Waals surface area contributed by atoms with Gasteiger partial charge >= 0.3 is 5.97 Å². The topological polar surface area (TPSA) is 38.3 Å². The van der Waals surface area contributed by atoms with Crippen LogP contribution >= 0.6 is 0 Å². The van der Waals surface area contributed by atoms with Crippen LogP contribution in [0.15, 0.2) is 0 Å². The van der Waals surface area contributed by atoms with E-state index in [0.717, 1.165) is 11.8 Å². The van der Waals surface area contributed by atoms with Crippen LogP contribution in [0.4, 0.5) is 0 Å². The van der Waals surface area contributed by atoms with Gasteiger partial charge in [-0.3, -0.25) is 4.79 Å². The largest absolute Gasteiger partial charge is 0.466 e. The molecule has 1 saturated carbocycles. The van der Waals surface area contributed by atoms with E-state index in [1.165, 1.54) is 38.8 Å². The SMILES string of the molecule is CCOC(=O)CC1CC(C2CCNCC2)C1. The van der Waals surface area contributed by atoms with E-state index in [1.54, 1.807) is 0 Å². The van der Waals surface area contributed by atoms with Crippen LogP contribution in [-0.2, 0) is 9.53 Å². The van der Waals surface area contributed by atoms with Crippen LogP contribution in [0.5, 0.6) is 0 Å². The van der Waals surface area contributed by atoms with Gasteiger partial charge in [0.1, 0.15) is 0 Å². The number of piperidine rings is 1. The summed E-state index contributed by atoms with van der Waals surface area (Å²) in [7, 11) is 0. The van der Waals surface area contributed by atoms with Gasteiger partial charge in [0.15, 0.2) is 0 Å². The lowest BCUT2D eigenvalue weighted by molar-refractivity contribution is -0.145. The number of carbonyl (C=O) groups excluding carboxylic acids is 1. The summed E-state index contributed by atoms with van der Waals surface area (Å²) in [5.41, 5.74) is 0. The van der Waals surface area contributed by atoms with E-state index in [1.807, 2.05) is 6.92 Å². The van der Waals surface area contributed by atoms with Crippen LogP contribution in [0.3, 0.4) is 0 Å². The van der Waals surface area contributed by atoms with E-state index in [2.05, 4.69) is 5.32 Å². The van der Waals surface area contributed by atoms with Crippen molar-refractivity contribution in [3.05, 3.63) is 0 Å². The van der Waals surface area contributed by atoms with Crippen molar-refractivity contribution < 1.29 is 9.53 Å². The molecule has 16 heavy (non-hydrogen) atoms. The van der Waals surface area contributed by atoms with Crippen LogP contribution in [0, 0.1) is 17.8 Å². The highest BCUT2D eigenvalue weighted by atomic mass is 16.5.